The van der Waals surface area contributed by atoms with Crippen LogP contribution < -0.4 is 10.6 Å². The molecule has 17 heavy (non-hydrogen) atoms. The number of hydrogen-bond donors (Lipinski definition) is 1. The molecular formula is C13H20IN3. The van der Waals surface area contributed by atoms with E-state index in [1.165, 1.54) is 15.7 Å². The fourth-order valence-electron chi connectivity index (χ4n) is 2.42. The van der Waals surface area contributed by atoms with Crippen LogP contribution in [0.4, 0.5) is 11.4 Å². The zero-order valence-electron chi connectivity index (χ0n) is 10.5. The molecule has 0 saturated carbocycles. The molecular weight excluding hydrogens is 325 g/mol. The minimum Gasteiger partial charge on any atom is -0.397 e. The van der Waals surface area contributed by atoms with Crippen molar-refractivity contribution in [3.05, 3.63) is 21.8 Å². The normalized spacial score (nSPS) is 21.8. The smallest absolute Gasteiger partial charge is 0.0601 e. The highest BCUT2D eigenvalue weighted by Crippen LogP contribution is 2.27. The summed E-state index contributed by atoms with van der Waals surface area (Å²) in [5.41, 5.74) is 8.20. The van der Waals surface area contributed by atoms with Crippen molar-refractivity contribution in [2.45, 2.75) is 19.4 Å². The van der Waals surface area contributed by atoms with Gasteiger partial charge in [-0.3, -0.25) is 4.90 Å². The summed E-state index contributed by atoms with van der Waals surface area (Å²) in [4.78, 5) is 4.86. The zero-order chi connectivity index (χ0) is 12.4. The van der Waals surface area contributed by atoms with Crippen LogP contribution in [0.25, 0.3) is 0 Å². The summed E-state index contributed by atoms with van der Waals surface area (Å²) >= 11 is 2.30. The van der Waals surface area contributed by atoms with Gasteiger partial charge in [-0.25, -0.2) is 0 Å². The lowest BCUT2D eigenvalue weighted by Crippen LogP contribution is -2.51. The van der Waals surface area contributed by atoms with E-state index in [2.05, 4.69) is 64.6 Å². The predicted octanol–water partition coefficient (Wildman–Crippen LogP) is 2.40. The fourth-order valence-corrected chi connectivity index (χ4v) is 2.93. The van der Waals surface area contributed by atoms with E-state index >= 15 is 0 Å². The maximum atomic E-state index is 6.11. The van der Waals surface area contributed by atoms with E-state index in [1.807, 2.05) is 0 Å². The van der Waals surface area contributed by atoms with Gasteiger partial charge in [0.15, 0.2) is 0 Å². The Kier molecular flexibility index (Phi) is 4.14. The summed E-state index contributed by atoms with van der Waals surface area (Å²) in [6, 6.07) is 6.97. The topological polar surface area (TPSA) is 32.5 Å². The molecule has 1 aliphatic heterocycles. The third-order valence-electron chi connectivity index (χ3n) is 3.58. The SMILES string of the molecule is CCC1CN(c2ccc(I)cc2N)CCN1C. The highest BCUT2D eigenvalue weighted by molar-refractivity contribution is 14.1. The van der Waals surface area contributed by atoms with E-state index in [1.54, 1.807) is 0 Å². The molecule has 1 aromatic carbocycles. The van der Waals surface area contributed by atoms with Gasteiger partial charge in [-0.15, -0.1) is 0 Å². The molecule has 3 nitrogen and oxygen atoms in total. The van der Waals surface area contributed by atoms with Gasteiger partial charge in [-0.05, 0) is 54.3 Å². The highest BCUT2D eigenvalue weighted by Gasteiger charge is 2.23. The number of likely N-dealkylation sites (N-methyl/N-ethyl adjacent to an activating group) is 1. The lowest BCUT2D eigenvalue weighted by atomic mass is 10.1. The number of hydrogen-bond acceptors (Lipinski definition) is 3. The van der Waals surface area contributed by atoms with E-state index in [-0.39, 0.29) is 0 Å². The van der Waals surface area contributed by atoms with Gasteiger partial charge in [0, 0.05) is 29.2 Å². The Balaban J connectivity index is 2.17. The second-order valence-electron chi connectivity index (χ2n) is 4.69. The molecule has 4 heteroatoms. The number of nitrogens with two attached hydrogens (primary N) is 1. The molecule has 94 valence electrons. The Morgan fingerprint density at radius 1 is 1.41 bits per heavy atom. The van der Waals surface area contributed by atoms with Crippen molar-refractivity contribution in [2.75, 3.05) is 37.3 Å². The van der Waals surface area contributed by atoms with Gasteiger partial charge < -0.3 is 10.6 Å². The molecule has 1 aliphatic rings. The average Bonchev–Trinajstić information content (AvgIpc) is 2.30. The lowest BCUT2D eigenvalue weighted by molar-refractivity contribution is 0.213. The minimum absolute atomic E-state index is 0.641. The molecule has 1 unspecified atom stereocenters. The van der Waals surface area contributed by atoms with Crippen LogP contribution in [0.5, 0.6) is 0 Å². The third kappa shape index (κ3) is 2.85. The Bertz CT molecular complexity index is 394. The van der Waals surface area contributed by atoms with Crippen LogP contribution in [0.2, 0.25) is 0 Å². The van der Waals surface area contributed by atoms with Crippen LogP contribution in [0, 0.1) is 3.57 Å². The second-order valence-corrected chi connectivity index (χ2v) is 5.94. The molecule has 0 aliphatic carbocycles. The third-order valence-corrected chi connectivity index (χ3v) is 4.25. The number of nitrogen functional groups attached to an aromatic ring is 1. The Labute approximate surface area is 117 Å². The Morgan fingerprint density at radius 3 is 2.82 bits per heavy atom. The highest BCUT2D eigenvalue weighted by atomic mass is 127. The van der Waals surface area contributed by atoms with Crippen molar-refractivity contribution in [1.29, 1.82) is 0 Å². The first kappa shape index (κ1) is 13.0. The van der Waals surface area contributed by atoms with Crippen LogP contribution in [-0.4, -0.2) is 37.6 Å². The summed E-state index contributed by atoms with van der Waals surface area (Å²) < 4.78 is 1.20. The molecule has 1 aromatic rings. The van der Waals surface area contributed by atoms with Gasteiger partial charge in [0.2, 0.25) is 0 Å². The van der Waals surface area contributed by atoms with Crippen molar-refractivity contribution in [3.8, 4) is 0 Å². The molecule has 0 bridgehead atoms. The van der Waals surface area contributed by atoms with Crippen LogP contribution >= 0.6 is 22.6 Å². The summed E-state index contributed by atoms with van der Waals surface area (Å²) in [5, 5.41) is 0. The molecule has 1 atom stereocenters. The Morgan fingerprint density at radius 2 is 2.18 bits per heavy atom. The fraction of sp³-hybridized carbons (Fsp3) is 0.538. The van der Waals surface area contributed by atoms with Crippen LogP contribution in [-0.2, 0) is 0 Å². The molecule has 2 rings (SSSR count). The van der Waals surface area contributed by atoms with E-state index in [0.29, 0.717) is 6.04 Å². The van der Waals surface area contributed by atoms with Crippen molar-refractivity contribution in [3.63, 3.8) is 0 Å². The van der Waals surface area contributed by atoms with Gasteiger partial charge in [0.1, 0.15) is 0 Å². The zero-order valence-corrected chi connectivity index (χ0v) is 12.6. The van der Waals surface area contributed by atoms with E-state index in [4.69, 9.17) is 5.73 Å². The number of nitrogens with zero attached hydrogens (tertiary/aromatic N) is 2. The first-order valence-electron chi connectivity index (χ1n) is 6.12. The van der Waals surface area contributed by atoms with E-state index < -0.39 is 0 Å². The molecule has 0 radical (unpaired) electrons. The van der Waals surface area contributed by atoms with E-state index in [9.17, 15) is 0 Å². The lowest BCUT2D eigenvalue weighted by Gasteiger charge is -2.40. The van der Waals surface area contributed by atoms with Crippen molar-refractivity contribution in [1.82, 2.24) is 4.90 Å². The maximum Gasteiger partial charge on any atom is 0.0601 e. The molecule has 1 heterocycles. The predicted molar refractivity (Wildman–Crippen MR) is 82.5 cm³/mol. The number of benzene rings is 1. The van der Waals surface area contributed by atoms with Crippen molar-refractivity contribution >= 4 is 34.0 Å². The first-order valence-corrected chi connectivity index (χ1v) is 7.20. The quantitative estimate of drug-likeness (QED) is 0.660. The summed E-state index contributed by atoms with van der Waals surface area (Å²) in [6.45, 7) is 5.52. The molecule has 1 fully saturated rings. The number of rotatable bonds is 2. The second kappa shape index (κ2) is 5.44. The maximum absolute atomic E-state index is 6.11. The van der Waals surface area contributed by atoms with Gasteiger partial charge in [-0.1, -0.05) is 6.92 Å². The molecule has 0 aromatic heterocycles. The molecule has 2 N–H and O–H groups in total. The van der Waals surface area contributed by atoms with Gasteiger partial charge in [0.05, 0.1) is 11.4 Å². The Hall–Kier alpha value is -0.490. The van der Waals surface area contributed by atoms with Gasteiger partial charge >= 0.3 is 0 Å². The number of halogens is 1. The van der Waals surface area contributed by atoms with Crippen LogP contribution in [0.3, 0.4) is 0 Å². The van der Waals surface area contributed by atoms with Crippen molar-refractivity contribution < 1.29 is 0 Å². The first-order chi connectivity index (χ1) is 8.11. The summed E-state index contributed by atoms with van der Waals surface area (Å²) in [6.07, 6.45) is 1.19. The molecule has 0 spiro atoms. The molecule has 0 amide bonds. The summed E-state index contributed by atoms with van der Waals surface area (Å²) in [7, 11) is 2.21. The average molecular weight is 345 g/mol. The number of piperazine rings is 1. The van der Waals surface area contributed by atoms with Crippen LogP contribution in [0.1, 0.15) is 13.3 Å². The van der Waals surface area contributed by atoms with E-state index in [0.717, 1.165) is 25.3 Å². The van der Waals surface area contributed by atoms with Gasteiger partial charge in [-0.2, -0.15) is 0 Å². The standard InChI is InChI=1S/C13H20IN3/c1-3-11-9-17(7-6-16(11)2)13-5-4-10(14)8-12(13)15/h4-5,8,11H,3,6-7,9,15H2,1-2H3. The van der Waals surface area contributed by atoms with Gasteiger partial charge in [0.25, 0.3) is 0 Å². The van der Waals surface area contributed by atoms with Crippen molar-refractivity contribution in [2.24, 2.45) is 0 Å². The van der Waals surface area contributed by atoms with Crippen LogP contribution in [0.15, 0.2) is 18.2 Å². The summed E-state index contributed by atoms with van der Waals surface area (Å²) in [5.74, 6) is 0. The number of anilines is 2. The largest absolute Gasteiger partial charge is 0.397 e. The minimum atomic E-state index is 0.641. The monoisotopic (exact) mass is 345 g/mol. The molecule has 1 saturated heterocycles.